The molecule has 2 atom stereocenters. The summed E-state index contributed by atoms with van der Waals surface area (Å²) in [4.78, 5) is 15.0. The van der Waals surface area contributed by atoms with Crippen LogP contribution < -0.4 is 4.74 Å². The molecule has 2 aliphatic heterocycles. The van der Waals surface area contributed by atoms with Crippen molar-refractivity contribution in [3.05, 3.63) is 65.2 Å². The molecule has 0 unspecified atom stereocenters. The maximum atomic E-state index is 13.1. The lowest BCUT2D eigenvalue weighted by Crippen LogP contribution is -2.52. The number of ether oxygens (including phenoxy) is 2. The third-order valence-corrected chi connectivity index (χ3v) is 6.20. The highest BCUT2D eigenvalue weighted by Gasteiger charge is 2.44. The molecule has 5 nitrogen and oxygen atoms in total. The van der Waals surface area contributed by atoms with E-state index in [4.69, 9.17) is 9.47 Å². The Labute approximate surface area is 172 Å². The molecule has 154 valence electrons. The van der Waals surface area contributed by atoms with E-state index in [9.17, 15) is 9.90 Å². The summed E-state index contributed by atoms with van der Waals surface area (Å²) in [5.41, 5.74) is 2.38. The lowest BCUT2D eigenvalue weighted by Gasteiger charge is -2.48. The van der Waals surface area contributed by atoms with Crippen molar-refractivity contribution >= 4 is 5.91 Å². The Morgan fingerprint density at radius 3 is 2.59 bits per heavy atom. The van der Waals surface area contributed by atoms with E-state index >= 15 is 0 Å². The van der Waals surface area contributed by atoms with Crippen LogP contribution in [0.1, 0.15) is 53.3 Å². The van der Waals surface area contributed by atoms with Gasteiger partial charge in [-0.05, 0) is 37.5 Å². The zero-order valence-corrected chi connectivity index (χ0v) is 17.1. The van der Waals surface area contributed by atoms with Gasteiger partial charge in [-0.3, -0.25) is 4.79 Å². The van der Waals surface area contributed by atoms with Gasteiger partial charge in [-0.15, -0.1) is 0 Å². The van der Waals surface area contributed by atoms with Gasteiger partial charge >= 0.3 is 0 Å². The highest BCUT2D eigenvalue weighted by Crippen LogP contribution is 2.43. The van der Waals surface area contributed by atoms with E-state index in [-0.39, 0.29) is 23.7 Å². The van der Waals surface area contributed by atoms with Crippen LogP contribution in [-0.2, 0) is 4.74 Å². The molecule has 1 N–H and O–H groups in total. The molecular weight excluding hydrogens is 366 g/mol. The zero-order chi connectivity index (χ0) is 20.4. The number of aliphatic hydroxyl groups excluding tert-OH is 1. The topological polar surface area (TPSA) is 59.0 Å². The van der Waals surface area contributed by atoms with Gasteiger partial charge in [-0.2, -0.15) is 0 Å². The fourth-order valence-electron chi connectivity index (χ4n) is 4.63. The molecule has 2 heterocycles. The summed E-state index contributed by atoms with van der Waals surface area (Å²) in [5.74, 6) is 0.603. The van der Waals surface area contributed by atoms with Crippen molar-refractivity contribution in [3.63, 3.8) is 0 Å². The number of carbonyl (C=O) groups is 1. The molecule has 2 aromatic carbocycles. The van der Waals surface area contributed by atoms with Crippen LogP contribution in [0, 0.1) is 6.92 Å². The normalized spacial score (nSPS) is 23.8. The first-order valence-corrected chi connectivity index (χ1v) is 10.3. The maximum absolute atomic E-state index is 13.1. The van der Waals surface area contributed by atoms with E-state index in [0.717, 1.165) is 24.0 Å². The number of aryl methyl sites for hydroxylation is 1. The summed E-state index contributed by atoms with van der Waals surface area (Å²) in [6.45, 7) is 3.21. The van der Waals surface area contributed by atoms with Gasteiger partial charge in [-0.25, -0.2) is 0 Å². The lowest BCUT2D eigenvalue weighted by molar-refractivity contribution is -0.181. The largest absolute Gasteiger partial charge is 0.496 e. The van der Waals surface area contributed by atoms with E-state index in [1.807, 2.05) is 48.2 Å². The van der Waals surface area contributed by atoms with Crippen molar-refractivity contribution in [1.29, 1.82) is 0 Å². The molecular formula is C24H29NO4. The smallest absolute Gasteiger partial charge is 0.257 e. The van der Waals surface area contributed by atoms with Gasteiger partial charge in [0.25, 0.3) is 5.91 Å². The number of nitrogens with zero attached hydrogens (tertiary/aromatic N) is 1. The third kappa shape index (κ3) is 4.16. The number of methoxy groups -OCH3 is 1. The molecule has 2 fully saturated rings. The minimum Gasteiger partial charge on any atom is -0.496 e. The molecule has 4 rings (SSSR count). The number of hydrogen-bond acceptors (Lipinski definition) is 4. The zero-order valence-electron chi connectivity index (χ0n) is 17.1. The predicted molar refractivity (Wildman–Crippen MR) is 111 cm³/mol. The van der Waals surface area contributed by atoms with Crippen LogP contribution in [0.4, 0.5) is 0 Å². The van der Waals surface area contributed by atoms with Crippen molar-refractivity contribution < 1.29 is 19.4 Å². The summed E-state index contributed by atoms with van der Waals surface area (Å²) in [7, 11) is 1.59. The summed E-state index contributed by atoms with van der Waals surface area (Å²) >= 11 is 0. The maximum Gasteiger partial charge on any atom is 0.257 e. The monoisotopic (exact) mass is 395 g/mol. The highest BCUT2D eigenvalue weighted by atomic mass is 16.5. The molecule has 29 heavy (non-hydrogen) atoms. The molecule has 0 bridgehead atoms. The number of benzene rings is 2. The van der Waals surface area contributed by atoms with Crippen LogP contribution in [0.5, 0.6) is 5.75 Å². The Bertz CT molecular complexity index is 858. The van der Waals surface area contributed by atoms with Gasteiger partial charge in [0.05, 0.1) is 30.5 Å². The highest BCUT2D eigenvalue weighted by molar-refractivity contribution is 5.97. The van der Waals surface area contributed by atoms with Crippen LogP contribution in [-0.4, -0.2) is 47.8 Å². The van der Waals surface area contributed by atoms with Gasteiger partial charge in [0, 0.05) is 25.9 Å². The standard InChI is InChI=1S/C24H29NO4/c1-17-8-9-21(28-2)20(14-17)23(27)25-12-10-24(11-13-25)16-19(26)15-22(29-24)18-6-4-3-5-7-18/h3-9,14,19,22,26H,10-13,15-16H2,1-2H3/t19-,22-/m1/s1. The number of aliphatic hydroxyl groups is 1. The lowest BCUT2D eigenvalue weighted by atomic mass is 9.80. The number of carbonyl (C=O) groups excluding carboxylic acids is 1. The molecule has 0 aliphatic carbocycles. The number of rotatable bonds is 3. The average Bonchev–Trinajstić information content (AvgIpc) is 2.74. The van der Waals surface area contributed by atoms with E-state index in [1.165, 1.54) is 0 Å². The minimum absolute atomic E-state index is 0.00336. The van der Waals surface area contributed by atoms with Crippen LogP contribution >= 0.6 is 0 Å². The van der Waals surface area contributed by atoms with E-state index in [0.29, 0.717) is 37.2 Å². The number of hydrogen-bond donors (Lipinski definition) is 1. The van der Waals surface area contributed by atoms with Crippen LogP contribution in [0.15, 0.2) is 48.5 Å². The minimum atomic E-state index is -0.381. The van der Waals surface area contributed by atoms with Crippen LogP contribution in [0.2, 0.25) is 0 Å². The third-order valence-electron chi connectivity index (χ3n) is 6.20. The number of likely N-dealkylation sites (tertiary alicyclic amines) is 1. The van der Waals surface area contributed by atoms with Gasteiger partial charge in [0.1, 0.15) is 5.75 Å². The van der Waals surface area contributed by atoms with Crippen LogP contribution in [0.25, 0.3) is 0 Å². The second kappa shape index (κ2) is 8.17. The van der Waals surface area contributed by atoms with Crippen molar-refractivity contribution in [3.8, 4) is 5.75 Å². The molecule has 2 aliphatic rings. The SMILES string of the molecule is COc1ccc(C)cc1C(=O)N1CCC2(CC1)C[C@H](O)C[C@H](c1ccccc1)O2. The first-order chi connectivity index (χ1) is 14.0. The quantitative estimate of drug-likeness (QED) is 0.857. The van der Waals surface area contributed by atoms with Crippen molar-refractivity contribution in [2.75, 3.05) is 20.2 Å². The Balaban J connectivity index is 1.47. The van der Waals surface area contributed by atoms with Crippen LogP contribution in [0.3, 0.4) is 0 Å². The summed E-state index contributed by atoms with van der Waals surface area (Å²) in [6.07, 6.45) is 2.23. The second-order valence-corrected chi connectivity index (χ2v) is 8.29. The average molecular weight is 395 g/mol. The van der Waals surface area contributed by atoms with Crippen molar-refractivity contribution in [2.45, 2.75) is 50.4 Å². The second-order valence-electron chi connectivity index (χ2n) is 8.29. The summed E-state index contributed by atoms with van der Waals surface area (Å²) < 4.78 is 11.9. The van der Waals surface area contributed by atoms with E-state index in [1.54, 1.807) is 7.11 Å². The fraction of sp³-hybridized carbons (Fsp3) is 0.458. The first-order valence-electron chi connectivity index (χ1n) is 10.3. The summed E-state index contributed by atoms with van der Waals surface area (Å²) in [6, 6.07) is 15.8. The van der Waals surface area contributed by atoms with Gasteiger partial charge in [0.15, 0.2) is 0 Å². The fourth-order valence-corrected chi connectivity index (χ4v) is 4.63. The van der Waals surface area contributed by atoms with Gasteiger partial charge in [0.2, 0.25) is 0 Å². The molecule has 0 radical (unpaired) electrons. The molecule has 2 saturated heterocycles. The molecule has 1 amide bonds. The number of piperidine rings is 1. The summed E-state index contributed by atoms with van der Waals surface area (Å²) in [5, 5.41) is 10.5. The van der Waals surface area contributed by atoms with Crippen molar-refractivity contribution in [1.82, 2.24) is 4.90 Å². The Hall–Kier alpha value is -2.37. The Morgan fingerprint density at radius 1 is 1.17 bits per heavy atom. The molecule has 1 spiro atoms. The van der Waals surface area contributed by atoms with Gasteiger partial charge < -0.3 is 19.5 Å². The van der Waals surface area contributed by atoms with E-state index in [2.05, 4.69) is 12.1 Å². The van der Waals surface area contributed by atoms with E-state index < -0.39 is 0 Å². The van der Waals surface area contributed by atoms with Gasteiger partial charge in [-0.1, -0.05) is 42.0 Å². The number of amides is 1. The molecule has 2 aromatic rings. The molecule has 5 heteroatoms. The molecule has 0 aromatic heterocycles. The van der Waals surface area contributed by atoms with Crippen molar-refractivity contribution in [2.24, 2.45) is 0 Å². The molecule has 0 saturated carbocycles. The predicted octanol–water partition coefficient (Wildman–Crippen LogP) is 3.89. The Morgan fingerprint density at radius 2 is 1.90 bits per heavy atom. The first kappa shape index (κ1) is 19.9. The Kier molecular flexibility index (Phi) is 5.61.